The van der Waals surface area contributed by atoms with E-state index < -0.39 is 0 Å². The van der Waals surface area contributed by atoms with E-state index in [0.29, 0.717) is 19.0 Å². The first-order chi connectivity index (χ1) is 13.0. The first kappa shape index (κ1) is 24.6. The molecule has 0 bridgehead atoms. The van der Waals surface area contributed by atoms with Gasteiger partial charge in [0.15, 0.2) is 5.96 Å². The third-order valence-corrected chi connectivity index (χ3v) is 4.40. The van der Waals surface area contributed by atoms with Gasteiger partial charge < -0.3 is 25.2 Å². The molecule has 1 aliphatic heterocycles. The molecule has 158 valence electrons. The molecule has 0 aliphatic carbocycles. The number of methoxy groups -OCH3 is 1. The molecule has 0 aromatic heterocycles. The number of hydrogen-bond donors (Lipinski definition) is 2. The van der Waals surface area contributed by atoms with Crippen LogP contribution < -0.4 is 10.6 Å². The number of carbonyl (C=O) groups excluding carboxylic acids is 1. The maximum Gasteiger partial charge on any atom is 0.238 e. The van der Waals surface area contributed by atoms with Gasteiger partial charge in [0.1, 0.15) is 0 Å². The van der Waals surface area contributed by atoms with E-state index in [-0.39, 0.29) is 29.9 Å². The molecule has 1 aliphatic rings. The fourth-order valence-electron chi connectivity index (χ4n) is 3.22. The number of carbonyl (C=O) groups is 1. The average molecular weight is 503 g/mol. The summed E-state index contributed by atoms with van der Waals surface area (Å²) in [6.45, 7) is 6.63. The van der Waals surface area contributed by atoms with Gasteiger partial charge in [-0.15, -0.1) is 24.0 Å². The van der Waals surface area contributed by atoms with Crippen molar-refractivity contribution in [2.24, 2.45) is 10.9 Å². The second kappa shape index (κ2) is 12.9. The SMILES string of the molecule is CCNC(=NCc1cccc(NC(=O)CN(C)C)c1)N1CCC(COC)C1.I. The summed E-state index contributed by atoms with van der Waals surface area (Å²) in [5.41, 5.74) is 1.88. The fraction of sp³-hybridized carbons (Fsp3) is 0.600. The highest BCUT2D eigenvalue weighted by atomic mass is 127. The minimum absolute atomic E-state index is 0. The number of hydrogen-bond acceptors (Lipinski definition) is 4. The largest absolute Gasteiger partial charge is 0.384 e. The highest BCUT2D eigenvalue weighted by Gasteiger charge is 2.24. The van der Waals surface area contributed by atoms with E-state index in [2.05, 4.69) is 22.5 Å². The fourth-order valence-corrected chi connectivity index (χ4v) is 3.22. The van der Waals surface area contributed by atoms with Gasteiger partial charge in [0, 0.05) is 38.3 Å². The summed E-state index contributed by atoms with van der Waals surface area (Å²) in [7, 11) is 5.51. The van der Waals surface area contributed by atoms with Gasteiger partial charge in [-0.2, -0.15) is 0 Å². The van der Waals surface area contributed by atoms with Crippen LogP contribution >= 0.6 is 24.0 Å². The Kier molecular flexibility index (Phi) is 11.4. The maximum absolute atomic E-state index is 11.9. The predicted octanol–water partition coefficient (Wildman–Crippen LogP) is 2.24. The van der Waals surface area contributed by atoms with Crippen molar-refractivity contribution in [1.82, 2.24) is 15.1 Å². The number of rotatable bonds is 8. The Morgan fingerprint density at radius 2 is 2.18 bits per heavy atom. The first-order valence-electron chi connectivity index (χ1n) is 9.57. The van der Waals surface area contributed by atoms with Gasteiger partial charge in [-0.1, -0.05) is 12.1 Å². The topological polar surface area (TPSA) is 69.2 Å². The molecule has 1 saturated heterocycles. The number of anilines is 1. The molecule has 1 unspecified atom stereocenters. The van der Waals surface area contributed by atoms with E-state index in [0.717, 1.165) is 49.9 Å². The third kappa shape index (κ3) is 8.32. The van der Waals surface area contributed by atoms with Crippen LogP contribution in [0.15, 0.2) is 29.3 Å². The summed E-state index contributed by atoms with van der Waals surface area (Å²) in [4.78, 5) is 20.9. The number of likely N-dealkylation sites (tertiary alicyclic amines) is 1. The van der Waals surface area contributed by atoms with Crippen LogP contribution in [0.3, 0.4) is 0 Å². The Labute approximate surface area is 185 Å². The number of aliphatic imine (C=N–C) groups is 1. The number of guanidine groups is 1. The summed E-state index contributed by atoms with van der Waals surface area (Å²) in [6.07, 6.45) is 1.13. The van der Waals surface area contributed by atoms with Crippen LogP contribution in [0.25, 0.3) is 0 Å². The van der Waals surface area contributed by atoms with Crippen molar-refractivity contribution in [3.8, 4) is 0 Å². The van der Waals surface area contributed by atoms with E-state index in [1.165, 1.54) is 0 Å². The smallest absolute Gasteiger partial charge is 0.238 e. The predicted molar refractivity (Wildman–Crippen MR) is 125 cm³/mol. The molecule has 1 aromatic carbocycles. The van der Waals surface area contributed by atoms with Gasteiger partial charge in [-0.25, -0.2) is 4.99 Å². The van der Waals surface area contributed by atoms with Gasteiger partial charge >= 0.3 is 0 Å². The van der Waals surface area contributed by atoms with Crippen LogP contribution in [0.5, 0.6) is 0 Å². The molecule has 0 saturated carbocycles. The van der Waals surface area contributed by atoms with Crippen molar-refractivity contribution in [2.75, 3.05) is 59.3 Å². The van der Waals surface area contributed by atoms with E-state index in [9.17, 15) is 4.79 Å². The van der Waals surface area contributed by atoms with Gasteiger partial charge in [0.25, 0.3) is 0 Å². The zero-order valence-electron chi connectivity index (χ0n) is 17.4. The summed E-state index contributed by atoms with van der Waals surface area (Å²) in [6, 6.07) is 7.88. The van der Waals surface area contributed by atoms with Gasteiger partial charge in [-0.05, 0) is 45.1 Å². The van der Waals surface area contributed by atoms with Crippen molar-refractivity contribution in [2.45, 2.75) is 19.9 Å². The van der Waals surface area contributed by atoms with Crippen molar-refractivity contribution in [3.05, 3.63) is 29.8 Å². The molecule has 8 heteroatoms. The van der Waals surface area contributed by atoms with Gasteiger partial charge in [0.2, 0.25) is 5.91 Å². The molecular formula is C20H34IN5O2. The molecule has 0 radical (unpaired) electrons. The second-order valence-electron chi connectivity index (χ2n) is 7.21. The lowest BCUT2D eigenvalue weighted by atomic mass is 10.1. The highest BCUT2D eigenvalue weighted by Crippen LogP contribution is 2.17. The molecule has 1 amide bonds. The number of halogens is 1. The average Bonchev–Trinajstić information content (AvgIpc) is 3.07. The summed E-state index contributed by atoms with van der Waals surface area (Å²) in [5.74, 6) is 1.49. The van der Waals surface area contributed by atoms with Crippen molar-refractivity contribution >= 4 is 41.5 Å². The van der Waals surface area contributed by atoms with Crippen LogP contribution in [0.4, 0.5) is 5.69 Å². The third-order valence-electron chi connectivity index (χ3n) is 4.40. The lowest BCUT2D eigenvalue weighted by molar-refractivity contribution is -0.116. The lowest BCUT2D eigenvalue weighted by Crippen LogP contribution is -2.40. The Bertz CT molecular complexity index is 639. The monoisotopic (exact) mass is 503 g/mol. The van der Waals surface area contributed by atoms with Crippen molar-refractivity contribution < 1.29 is 9.53 Å². The van der Waals surface area contributed by atoms with E-state index in [4.69, 9.17) is 9.73 Å². The Hall–Kier alpha value is -1.39. The summed E-state index contributed by atoms with van der Waals surface area (Å²) in [5, 5.41) is 6.32. The Morgan fingerprint density at radius 1 is 1.39 bits per heavy atom. The van der Waals surface area contributed by atoms with E-state index in [1.807, 2.05) is 43.3 Å². The molecular weight excluding hydrogens is 469 g/mol. The normalized spacial score (nSPS) is 16.8. The maximum atomic E-state index is 11.9. The number of amides is 1. The number of benzene rings is 1. The van der Waals surface area contributed by atoms with Crippen LogP contribution in [0, 0.1) is 5.92 Å². The van der Waals surface area contributed by atoms with Crippen LogP contribution in [0.2, 0.25) is 0 Å². The molecule has 1 atom stereocenters. The van der Waals surface area contributed by atoms with Crippen LogP contribution in [-0.4, -0.2) is 75.7 Å². The van der Waals surface area contributed by atoms with Crippen molar-refractivity contribution in [3.63, 3.8) is 0 Å². The number of nitrogens with zero attached hydrogens (tertiary/aromatic N) is 3. The molecule has 0 spiro atoms. The van der Waals surface area contributed by atoms with Gasteiger partial charge in [0.05, 0.1) is 19.7 Å². The molecule has 7 nitrogen and oxygen atoms in total. The van der Waals surface area contributed by atoms with E-state index >= 15 is 0 Å². The van der Waals surface area contributed by atoms with E-state index in [1.54, 1.807) is 7.11 Å². The van der Waals surface area contributed by atoms with Crippen LogP contribution in [0.1, 0.15) is 18.9 Å². The quantitative estimate of drug-likeness (QED) is 0.324. The molecule has 1 fully saturated rings. The zero-order chi connectivity index (χ0) is 19.6. The lowest BCUT2D eigenvalue weighted by Gasteiger charge is -2.21. The number of nitrogens with one attached hydrogen (secondary N) is 2. The standard InChI is InChI=1S/C20H33N5O2.HI/c1-5-21-20(25-10-9-17(13-25)15-27-4)22-12-16-7-6-8-18(11-16)23-19(26)14-24(2)3;/h6-8,11,17H,5,9-10,12-15H2,1-4H3,(H,21,22)(H,23,26);1H. The zero-order valence-corrected chi connectivity index (χ0v) is 19.7. The van der Waals surface area contributed by atoms with Crippen LogP contribution in [-0.2, 0) is 16.1 Å². The minimum atomic E-state index is -0.0183. The Balaban J connectivity index is 0.00000392. The minimum Gasteiger partial charge on any atom is -0.384 e. The second-order valence-corrected chi connectivity index (χ2v) is 7.21. The molecule has 1 heterocycles. The number of likely N-dealkylation sites (N-methyl/N-ethyl adjacent to an activating group) is 1. The molecule has 28 heavy (non-hydrogen) atoms. The molecule has 1 aromatic rings. The van der Waals surface area contributed by atoms with Gasteiger partial charge in [-0.3, -0.25) is 4.79 Å². The molecule has 2 N–H and O–H groups in total. The Morgan fingerprint density at radius 3 is 2.86 bits per heavy atom. The summed E-state index contributed by atoms with van der Waals surface area (Å²) >= 11 is 0. The highest BCUT2D eigenvalue weighted by molar-refractivity contribution is 14.0. The number of ether oxygens (including phenoxy) is 1. The molecule has 2 rings (SSSR count). The first-order valence-corrected chi connectivity index (χ1v) is 9.57. The van der Waals surface area contributed by atoms with Crippen molar-refractivity contribution in [1.29, 1.82) is 0 Å². The summed E-state index contributed by atoms with van der Waals surface area (Å²) < 4.78 is 5.29.